The van der Waals surface area contributed by atoms with Crippen LogP contribution in [0.2, 0.25) is 0 Å². The lowest BCUT2D eigenvalue weighted by atomic mass is 9.92. The first-order valence-electron chi connectivity index (χ1n) is 13.5. The minimum atomic E-state index is -4.56. The highest BCUT2D eigenvalue weighted by Gasteiger charge is 2.46. The molecule has 1 amide bonds. The van der Waals surface area contributed by atoms with Gasteiger partial charge in [0.2, 0.25) is 0 Å². The summed E-state index contributed by atoms with van der Waals surface area (Å²) in [6.07, 6.45) is 0.0413. The molecule has 2 bridgehead atoms. The van der Waals surface area contributed by atoms with E-state index in [4.69, 9.17) is 0 Å². The lowest BCUT2D eigenvalue weighted by molar-refractivity contribution is -0.137. The summed E-state index contributed by atoms with van der Waals surface area (Å²) in [5, 5.41) is 10.1. The van der Waals surface area contributed by atoms with E-state index in [1.807, 2.05) is 0 Å². The molecule has 41 heavy (non-hydrogen) atoms. The number of carbonyl (C=O) groups excluding carboxylic acids is 1. The molecule has 228 valence electrons. The van der Waals surface area contributed by atoms with Crippen molar-refractivity contribution in [1.29, 1.82) is 0 Å². The highest BCUT2D eigenvalue weighted by atomic mass is 79.9. The van der Waals surface area contributed by atoms with E-state index in [-0.39, 0.29) is 52.7 Å². The summed E-state index contributed by atoms with van der Waals surface area (Å²) in [5.74, 6) is -0.947. The first-order chi connectivity index (χ1) is 18.5. The predicted molar refractivity (Wildman–Crippen MR) is 158 cm³/mol. The van der Waals surface area contributed by atoms with Crippen LogP contribution in [0, 0.1) is 5.82 Å². The van der Waals surface area contributed by atoms with E-state index in [9.17, 15) is 27.5 Å². The first-order valence-corrected chi connectivity index (χ1v) is 14.3. The number of nitrogens with zero attached hydrogens (tertiary/aromatic N) is 3. The molecule has 3 aliphatic heterocycles. The topological polar surface area (TPSA) is 47.0 Å². The molecule has 0 aromatic heterocycles. The van der Waals surface area contributed by atoms with Crippen molar-refractivity contribution in [1.82, 2.24) is 14.7 Å². The van der Waals surface area contributed by atoms with Gasteiger partial charge in [-0.2, -0.15) is 13.2 Å². The zero-order valence-electron chi connectivity index (χ0n) is 22.7. The number of alkyl halides is 3. The molecule has 0 radical (unpaired) electrons. The third-order valence-electron chi connectivity index (χ3n) is 8.57. The van der Waals surface area contributed by atoms with E-state index in [2.05, 4.69) is 25.7 Å². The fourth-order valence-corrected chi connectivity index (χ4v) is 7.14. The van der Waals surface area contributed by atoms with Crippen molar-refractivity contribution in [3.05, 3.63) is 69.4 Å². The van der Waals surface area contributed by atoms with Crippen LogP contribution >= 0.6 is 40.7 Å². The molecule has 3 saturated heterocycles. The quantitative estimate of drug-likeness (QED) is 0.329. The van der Waals surface area contributed by atoms with Crippen molar-refractivity contribution >= 4 is 46.7 Å². The number of aliphatic hydroxyl groups is 1. The summed E-state index contributed by atoms with van der Waals surface area (Å²) in [5.41, 5.74) is -0.0296. The molecule has 5 nitrogen and oxygen atoms in total. The van der Waals surface area contributed by atoms with Crippen LogP contribution in [0.4, 0.5) is 17.6 Å². The van der Waals surface area contributed by atoms with Crippen molar-refractivity contribution in [2.75, 3.05) is 33.2 Å². The Kier molecular flexibility index (Phi) is 11.6. The number of hydrogen-bond acceptors (Lipinski definition) is 4. The van der Waals surface area contributed by atoms with Gasteiger partial charge in [0, 0.05) is 60.8 Å². The SMILES string of the molecule is CN(C[C@@H](CCN1CC(N2[C@H]3CC[C@H]2CC(O)C3)C1)c1ccc(F)cc1)C(=O)c1cc(Br)cc(C(F)(F)F)c1.Cl.Cl. The summed E-state index contributed by atoms with van der Waals surface area (Å²) < 4.78 is 53.7. The van der Waals surface area contributed by atoms with Gasteiger partial charge in [-0.15, -0.1) is 24.8 Å². The molecule has 3 fully saturated rings. The predicted octanol–water partition coefficient (Wildman–Crippen LogP) is 6.37. The zero-order chi connectivity index (χ0) is 27.9. The van der Waals surface area contributed by atoms with Crippen molar-refractivity contribution in [2.45, 2.75) is 68.4 Å². The second kappa shape index (κ2) is 13.9. The average molecular weight is 685 g/mol. The van der Waals surface area contributed by atoms with Crippen molar-refractivity contribution in [3.8, 4) is 0 Å². The molecule has 0 unspecified atom stereocenters. The van der Waals surface area contributed by atoms with E-state index in [1.54, 1.807) is 19.2 Å². The van der Waals surface area contributed by atoms with Gasteiger partial charge in [-0.25, -0.2) is 4.39 Å². The standard InChI is InChI=1S/C29H34BrF4N3O2.2ClH/c1-35(28(39)20-10-21(29(32,33)34)12-22(30)11-20)15-19(18-2-4-23(31)5-3-18)8-9-36-16-26(17-36)37-24-6-7-25(37)14-27(38)13-24;;/h2-5,10-12,19,24-27,38H,6-9,13-17H2,1H3;2*1H/t19-,24+,25+;;/m1../s1. The Morgan fingerprint density at radius 3 is 2.24 bits per heavy atom. The largest absolute Gasteiger partial charge is 0.416 e. The molecule has 3 heterocycles. The van der Waals surface area contributed by atoms with Crippen LogP contribution in [0.3, 0.4) is 0 Å². The molecule has 5 rings (SSSR count). The fourth-order valence-electron chi connectivity index (χ4n) is 6.64. The summed E-state index contributed by atoms with van der Waals surface area (Å²) in [6, 6.07) is 10.9. The van der Waals surface area contributed by atoms with E-state index in [0.717, 1.165) is 69.4 Å². The molecular weight excluding hydrogens is 649 g/mol. The monoisotopic (exact) mass is 683 g/mol. The Balaban J connectivity index is 0.00000231. The van der Waals surface area contributed by atoms with Crippen LogP contribution < -0.4 is 0 Å². The van der Waals surface area contributed by atoms with E-state index >= 15 is 0 Å². The average Bonchev–Trinajstić information content (AvgIpc) is 3.10. The fraction of sp³-hybridized carbons (Fsp3) is 0.552. The number of piperidine rings is 1. The minimum Gasteiger partial charge on any atom is -0.393 e. The van der Waals surface area contributed by atoms with Gasteiger partial charge in [0.15, 0.2) is 0 Å². The van der Waals surface area contributed by atoms with Crippen LogP contribution in [0.5, 0.6) is 0 Å². The second-order valence-corrected chi connectivity index (χ2v) is 12.2. The van der Waals surface area contributed by atoms with Crippen molar-refractivity contribution < 1.29 is 27.5 Å². The Morgan fingerprint density at radius 1 is 1.05 bits per heavy atom. The number of fused-ring (bicyclic) bond motifs is 2. The lowest BCUT2D eigenvalue weighted by Crippen LogP contribution is -2.64. The summed E-state index contributed by atoms with van der Waals surface area (Å²) in [6.45, 7) is 3.03. The number of likely N-dealkylation sites (N-methyl/N-ethyl adjacent to an activating group) is 1. The first kappa shape index (κ1) is 34.1. The summed E-state index contributed by atoms with van der Waals surface area (Å²) in [4.78, 5) is 19.6. The van der Waals surface area contributed by atoms with Gasteiger partial charge in [-0.1, -0.05) is 28.1 Å². The highest BCUT2D eigenvalue weighted by molar-refractivity contribution is 9.10. The summed E-state index contributed by atoms with van der Waals surface area (Å²) in [7, 11) is 1.59. The van der Waals surface area contributed by atoms with E-state index < -0.39 is 17.6 Å². The van der Waals surface area contributed by atoms with Crippen molar-refractivity contribution in [2.24, 2.45) is 0 Å². The second-order valence-electron chi connectivity index (χ2n) is 11.3. The van der Waals surface area contributed by atoms with Crippen LogP contribution in [-0.2, 0) is 6.18 Å². The Hall–Kier alpha value is -1.43. The zero-order valence-corrected chi connectivity index (χ0v) is 25.9. The molecule has 3 atom stereocenters. The normalized spacial score (nSPS) is 23.7. The van der Waals surface area contributed by atoms with Gasteiger partial charge >= 0.3 is 6.18 Å². The Bertz CT molecular complexity index is 1170. The number of hydrogen-bond donors (Lipinski definition) is 1. The van der Waals surface area contributed by atoms with Gasteiger partial charge in [-0.3, -0.25) is 9.69 Å². The maximum Gasteiger partial charge on any atom is 0.416 e. The van der Waals surface area contributed by atoms with E-state index in [1.165, 1.54) is 23.1 Å². The number of benzene rings is 2. The van der Waals surface area contributed by atoms with Gasteiger partial charge < -0.3 is 14.9 Å². The molecule has 0 saturated carbocycles. The lowest BCUT2D eigenvalue weighted by Gasteiger charge is -2.51. The van der Waals surface area contributed by atoms with Gasteiger partial charge in [0.1, 0.15) is 5.82 Å². The molecule has 12 heteroatoms. The maximum absolute atomic E-state index is 13.6. The van der Waals surface area contributed by atoms with Gasteiger partial charge in [0.05, 0.1) is 11.7 Å². The number of halogens is 7. The minimum absolute atomic E-state index is 0. The molecule has 2 aromatic rings. The van der Waals surface area contributed by atoms with Gasteiger partial charge in [-0.05, 0) is 74.5 Å². The van der Waals surface area contributed by atoms with Crippen LogP contribution in [0.1, 0.15) is 59.5 Å². The molecule has 1 N–H and O–H groups in total. The number of likely N-dealkylation sites (tertiary alicyclic amines) is 1. The molecule has 0 aliphatic carbocycles. The van der Waals surface area contributed by atoms with Crippen LogP contribution in [-0.4, -0.2) is 83.2 Å². The Labute approximate surface area is 259 Å². The van der Waals surface area contributed by atoms with E-state index in [0.29, 0.717) is 24.7 Å². The number of rotatable bonds is 8. The number of aliphatic hydroxyl groups excluding tert-OH is 1. The third-order valence-corrected chi connectivity index (χ3v) is 9.03. The molecular formula is C29H36BrCl2F4N3O2. The molecule has 0 spiro atoms. The van der Waals surface area contributed by atoms with Gasteiger partial charge in [0.25, 0.3) is 5.91 Å². The smallest absolute Gasteiger partial charge is 0.393 e. The number of amides is 1. The highest BCUT2D eigenvalue weighted by Crippen LogP contribution is 2.39. The summed E-state index contributed by atoms with van der Waals surface area (Å²) >= 11 is 3.09. The molecule has 3 aliphatic rings. The van der Waals surface area contributed by atoms with Crippen LogP contribution in [0.25, 0.3) is 0 Å². The number of carbonyl (C=O) groups is 1. The Morgan fingerprint density at radius 2 is 1.66 bits per heavy atom. The van der Waals surface area contributed by atoms with Crippen molar-refractivity contribution in [3.63, 3.8) is 0 Å². The molecule has 2 aromatic carbocycles. The maximum atomic E-state index is 13.6. The third kappa shape index (κ3) is 7.95. The van der Waals surface area contributed by atoms with Crippen LogP contribution in [0.15, 0.2) is 46.9 Å².